The molecule has 1 aliphatic carbocycles. The molecule has 24 heavy (non-hydrogen) atoms. The minimum Gasteiger partial charge on any atom is -0.408 e. The Morgan fingerprint density at radius 2 is 2.08 bits per heavy atom. The van der Waals surface area contributed by atoms with Gasteiger partial charge in [0.1, 0.15) is 0 Å². The van der Waals surface area contributed by atoms with Gasteiger partial charge in [0.2, 0.25) is 0 Å². The molecule has 1 amide bonds. The first kappa shape index (κ1) is 14.7. The van der Waals surface area contributed by atoms with Gasteiger partial charge in [-0.05, 0) is 37.1 Å². The monoisotopic (exact) mass is 326 g/mol. The Bertz CT molecular complexity index is 931. The predicted octanol–water partition coefficient (Wildman–Crippen LogP) is 3.08. The van der Waals surface area contributed by atoms with E-state index in [4.69, 9.17) is 4.42 Å². The second-order valence-corrected chi connectivity index (χ2v) is 6.15. The number of amides is 1. The fourth-order valence-corrected chi connectivity index (χ4v) is 3.23. The third-order valence-corrected chi connectivity index (χ3v) is 4.47. The molecule has 4 rings (SSSR count). The lowest BCUT2D eigenvalue weighted by Gasteiger charge is -2.21. The summed E-state index contributed by atoms with van der Waals surface area (Å²) in [5, 5.41) is 7.22. The number of rotatable bonds is 3. The van der Waals surface area contributed by atoms with Crippen LogP contribution in [-0.4, -0.2) is 20.7 Å². The maximum Gasteiger partial charge on any atom is 0.417 e. The van der Waals surface area contributed by atoms with Crippen LogP contribution in [0.25, 0.3) is 11.1 Å². The molecule has 7 heteroatoms. The number of anilines is 1. The van der Waals surface area contributed by atoms with Gasteiger partial charge >= 0.3 is 5.76 Å². The van der Waals surface area contributed by atoms with E-state index in [9.17, 15) is 9.59 Å². The molecular formula is C17H18N4O3. The Hall–Kier alpha value is -2.83. The summed E-state index contributed by atoms with van der Waals surface area (Å²) in [4.78, 5) is 26.1. The van der Waals surface area contributed by atoms with Crippen LogP contribution < -0.4 is 11.1 Å². The van der Waals surface area contributed by atoms with E-state index >= 15 is 0 Å². The molecule has 124 valence electrons. The van der Waals surface area contributed by atoms with Crippen molar-refractivity contribution < 1.29 is 9.21 Å². The highest BCUT2D eigenvalue weighted by atomic mass is 16.4. The molecule has 1 saturated carbocycles. The highest BCUT2D eigenvalue weighted by Crippen LogP contribution is 2.27. The summed E-state index contributed by atoms with van der Waals surface area (Å²) in [5.74, 6) is -0.783. The first-order valence-electron chi connectivity index (χ1n) is 8.18. The van der Waals surface area contributed by atoms with Crippen molar-refractivity contribution in [3.05, 3.63) is 46.7 Å². The molecule has 2 N–H and O–H groups in total. The summed E-state index contributed by atoms with van der Waals surface area (Å²) in [7, 11) is 0. The zero-order chi connectivity index (χ0) is 16.5. The number of hydrogen-bond acceptors (Lipinski definition) is 4. The Morgan fingerprint density at radius 3 is 2.92 bits per heavy atom. The normalized spacial score (nSPS) is 15.7. The number of aromatic nitrogens is 3. The van der Waals surface area contributed by atoms with Crippen LogP contribution in [0.3, 0.4) is 0 Å². The number of nitrogens with zero attached hydrogens (tertiary/aromatic N) is 2. The van der Waals surface area contributed by atoms with Crippen LogP contribution >= 0.6 is 0 Å². The molecule has 3 aromatic rings. The number of hydrogen-bond donors (Lipinski definition) is 2. The van der Waals surface area contributed by atoms with Crippen molar-refractivity contribution in [1.29, 1.82) is 0 Å². The van der Waals surface area contributed by atoms with Crippen LogP contribution in [0.4, 0.5) is 5.69 Å². The van der Waals surface area contributed by atoms with Gasteiger partial charge in [0, 0.05) is 11.9 Å². The van der Waals surface area contributed by atoms with E-state index in [0.29, 0.717) is 28.5 Å². The van der Waals surface area contributed by atoms with Gasteiger partial charge in [-0.15, -0.1) is 0 Å². The summed E-state index contributed by atoms with van der Waals surface area (Å²) in [6.07, 6.45) is 7.83. The Labute approximate surface area is 137 Å². The number of oxazole rings is 1. The predicted molar refractivity (Wildman–Crippen MR) is 89.1 cm³/mol. The molecule has 1 fully saturated rings. The molecule has 2 aromatic heterocycles. The summed E-state index contributed by atoms with van der Waals surface area (Å²) in [6, 6.07) is 7.13. The van der Waals surface area contributed by atoms with Gasteiger partial charge in [-0.2, -0.15) is 5.10 Å². The van der Waals surface area contributed by atoms with Crippen LogP contribution in [0.2, 0.25) is 0 Å². The van der Waals surface area contributed by atoms with Crippen molar-refractivity contribution in [2.24, 2.45) is 0 Å². The molecule has 0 bridgehead atoms. The largest absolute Gasteiger partial charge is 0.417 e. The van der Waals surface area contributed by atoms with Crippen molar-refractivity contribution in [3.8, 4) is 0 Å². The van der Waals surface area contributed by atoms with Gasteiger partial charge in [0.15, 0.2) is 11.3 Å². The first-order chi connectivity index (χ1) is 11.7. The van der Waals surface area contributed by atoms with Gasteiger partial charge in [-0.1, -0.05) is 19.3 Å². The number of nitrogens with one attached hydrogen (secondary N) is 2. The van der Waals surface area contributed by atoms with E-state index in [2.05, 4.69) is 15.4 Å². The molecule has 0 saturated heterocycles. The van der Waals surface area contributed by atoms with Crippen molar-refractivity contribution >= 4 is 22.7 Å². The van der Waals surface area contributed by atoms with Crippen molar-refractivity contribution in [2.45, 2.75) is 38.1 Å². The minimum absolute atomic E-state index is 0.269. The van der Waals surface area contributed by atoms with Crippen molar-refractivity contribution in [1.82, 2.24) is 14.8 Å². The maximum absolute atomic E-state index is 12.4. The number of fused-ring (bicyclic) bond motifs is 1. The number of carbonyl (C=O) groups excluding carboxylic acids is 1. The Kier molecular flexibility index (Phi) is 3.68. The number of benzene rings is 1. The van der Waals surface area contributed by atoms with Crippen molar-refractivity contribution in [2.75, 3.05) is 5.32 Å². The van der Waals surface area contributed by atoms with E-state index in [1.807, 2.05) is 10.9 Å². The van der Waals surface area contributed by atoms with Crippen molar-refractivity contribution in [3.63, 3.8) is 0 Å². The molecule has 7 nitrogen and oxygen atoms in total. The summed E-state index contributed by atoms with van der Waals surface area (Å²) >= 11 is 0. The molecule has 0 atom stereocenters. The fourth-order valence-electron chi connectivity index (χ4n) is 3.23. The SMILES string of the molecule is O=C(Nc1ccc2oc(=O)[nH]c2c1)c1ccn(C2CCCCC2)n1. The van der Waals surface area contributed by atoms with E-state index in [0.717, 1.165) is 12.8 Å². The molecule has 0 radical (unpaired) electrons. The first-order valence-corrected chi connectivity index (χ1v) is 8.18. The number of H-pyrrole nitrogens is 1. The van der Waals surface area contributed by atoms with E-state index in [1.165, 1.54) is 19.3 Å². The standard InChI is InChI=1S/C17H18N4O3/c22-16(13-8-9-21(20-13)12-4-2-1-3-5-12)18-11-6-7-15-14(10-11)19-17(23)24-15/h6-10,12H,1-5H2,(H,18,22)(H,19,23). The second kappa shape index (κ2) is 5.99. The van der Waals surface area contributed by atoms with Crippen LogP contribution in [0, 0.1) is 0 Å². The fraction of sp³-hybridized carbons (Fsp3) is 0.353. The number of aromatic amines is 1. The van der Waals surface area contributed by atoms with E-state index < -0.39 is 5.76 Å². The zero-order valence-corrected chi connectivity index (χ0v) is 13.1. The molecule has 0 aliphatic heterocycles. The zero-order valence-electron chi connectivity index (χ0n) is 13.1. The summed E-state index contributed by atoms with van der Waals surface area (Å²) < 4.78 is 6.85. The van der Waals surface area contributed by atoms with E-state index in [-0.39, 0.29) is 5.91 Å². The lowest BCUT2D eigenvalue weighted by Crippen LogP contribution is -2.16. The van der Waals surface area contributed by atoms with Gasteiger partial charge in [0.25, 0.3) is 5.91 Å². The molecule has 1 aliphatic rings. The topological polar surface area (TPSA) is 92.9 Å². The Morgan fingerprint density at radius 1 is 1.25 bits per heavy atom. The van der Waals surface area contributed by atoms with Gasteiger partial charge < -0.3 is 9.73 Å². The van der Waals surface area contributed by atoms with Crippen LogP contribution in [0.5, 0.6) is 0 Å². The molecule has 1 aromatic carbocycles. The lowest BCUT2D eigenvalue weighted by molar-refractivity contribution is 0.102. The molecule has 0 spiro atoms. The quantitative estimate of drug-likeness (QED) is 0.773. The average molecular weight is 326 g/mol. The van der Waals surface area contributed by atoms with E-state index in [1.54, 1.807) is 24.3 Å². The Balaban J connectivity index is 1.50. The van der Waals surface area contributed by atoms with Gasteiger partial charge in [-0.3, -0.25) is 14.5 Å². The average Bonchev–Trinajstić information content (AvgIpc) is 3.21. The second-order valence-electron chi connectivity index (χ2n) is 6.15. The third-order valence-electron chi connectivity index (χ3n) is 4.47. The van der Waals surface area contributed by atoms with Crippen LogP contribution in [0.15, 0.2) is 39.7 Å². The van der Waals surface area contributed by atoms with Gasteiger partial charge in [-0.25, -0.2) is 4.79 Å². The summed E-state index contributed by atoms with van der Waals surface area (Å²) in [5.41, 5.74) is 1.98. The third kappa shape index (κ3) is 2.84. The highest BCUT2D eigenvalue weighted by Gasteiger charge is 2.18. The van der Waals surface area contributed by atoms with Gasteiger partial charge in [0.05, 0.1) is 11.6 Å². The molecular weight excluding hydrogens is 308 g/mol. The smallest absolute Gasteiger partial charge is 0.408 e. The summed E-state index contributed by atoms with van der Waals surface area (Å²) in [6.45, 7) is 0. The molecule has 0 unspecified atom stereocenters. The maximum atomic E-state index is 12.4. The number of carbonyl (C=O) groups is 1. The van der Waals surface area contributed by atoms with Crippen LogP contribution in [-0.2, 0) is 0 Å². The molecule has 2 heterocycles. The van der Waals surface area contributed by atoms with Crippen LogP contribution in [0.1, 0.15) is 48.6 Å². The highest BCUT2D eigenvalue weighted by molar-refractivity contribution is 6.03. The minimum atomic E-state index is -0.514. The lowest BCUT2D eigenvalue weighted by atomic mass is 9.96.